The number of hydrazone groups is 1. The first kappa shape index (κ1) is 26.9. The van der Waals surface area contributed by atoms with Crippen LogP contribution in [0.25, 0.3) is 0 Å². The van der Waals surface area contributed by atoms with Crippen LogP contribution in [0.1, 0.15) is 34.3 Å². The highest BCUT2D eigenvalue weighted by atomic mass is 35.5. The third-order valence-electron chi connectivity index (χ3n) is 4.22. The lowest BCUT2D eigenvalue weighted by molar-refractivity contribution is -0.128. The van der Waals surface area contributed by atoms with E-state index in [2.05, 4.69) is 26.0 Å². The average Bonchev–Trinajstić information content (AvgIpc) is 3.13. The van der Waals surface area contributed by atoms with Gasteiger partial charge in [-0.05, 0) is 30.5 Å². The number of carbonyl (C=O) groups is 3. The van der Waals surface area contributed by atoms with Crippen LogP contribution >= 0.6 is 23.7 Å². The number of hydrogen-bond donors (Lipinski definition) is 4. The number of thiazole rings is 1. The number of rotatable bonds is 10. The number of benzene rings is 1. The molecule has 0 atom stereocenters. The fraction of sp³-hybridized carbons (Fsp3) is 0.350. The van der Waals surface area contributed by atoms with Gasteiger partial charge in [-0.15, -0.1) is 12.4 Å². The van der Waals surface area contributed by atoms with Crippen LogP contribution in [0.2, 0.25) is 0 Å². The van der Waals surface area contributed by atoms with Crippen LogP contribution in [0.5, 0.6) is 0 Å². The lowest BCUT2D eigenvalue weighted by Crippen LogP contribution is -2.30. The monoisotopic (exact) mass is 481 g/mol. The maximum atomic E-state index is 12.7. The number of aromatic nitrogens is 1. The molecule has 10 nitrogen and oxygen atoms in total. The van der Waals surface area contributed by atoms with Crippen molar-refractivity contribution in [3.8, 4) is 0 Å². The van der Waals surface area contributed by atoms with Gasteiger partial charge in [0.15, 0.2) is 5.13 Å². The maximum absolute atomic E-state index is 12.7. The summed E-state index contributed by atoms with van der Waals surface area (Å²) in [6.45, 7) is 1.61. The minimum absolute atomic E-state index is 0. The maximum Gasteiger partial charge on any atom is 0.263 e. The van der Waals surface area contributed by atoms with Crippen molar-refractivity contribution in [3.05, 3.63) is 40.4 Å². The molecule has 5 N–H and O–H groups in total. The predicted octanol–water partition coefficient (Wildman–Crippen LogP) is 1.83. The van der Waals surface area contributed by atoms with E-state index in [-0.39, 0.29) is 43.1 Å². The minimum Gasteiger partial charge on any atom is -0.351 e. The van der Waals surface area contributed by atoms with Crippen molar-refractivity contribution in [2.75, 3.05) is 31.3 Å². The number of nitrogens with one attached hydrogen (secondary N) is 3. The van der Waals surface area contributed by atoms with Gasteiger partial charge in [0.1, 0.15) is 11.2 Å². The Morgan fingerprint density at radius 1 is 1.19 bits per heavy atom. The molecule has 0 bridgehead atoms. The van der Waals surface area contributed by atoms with E-state index in [1.54, 1.807) is 14.1 Å². The van der Waals surface area contributed by atoms with E-state index in [9.17, 15) is 14.4 Å². The Balaban J connectivity index is 0.00000512. The number of nitrogens with zero attached hydrogens (tertiary/aromatic N) is 3. The normalized spacial score (nSPS) is 10.3. The van der Waals surface area contributed by atoms with Crippen LogP contribution in [0, 0.1) is 0 Å². The zero-order valence-corrected chi connectivity index (χ0v) is 19.8. The lowest BCUT2D eigenvalue weighted by Gasteiger charge is -2.10. The smallest absolute Gasteiger partial charge is 0.263 e. The molecule has 174 valence electrons. The van der Waals surface area contributed by atoms with Gasteiger partial charge in [0, 0.05) is 39.7 Å². The first-order valence-electron chi connectivity index (χ1n) is 9.63. The summed E-state index contributed by atoms with van der Waals surface area (Å²) in [6, 6.07) is 7.72. The number of hydrogen-bond acceptors (Lipinski definition) is 7. The van der Waals surface area contributed by atoms with Crippen LogP contribution in [0.4, 0.5) is 10.8 Å². The molecule has 0 saturated heterocycles. The summed E-state index contributed by atoms with van der Waals surface area (Å²) >= 11 is 1.12. The minimum atomic E-state index is -0.309. The molecule has 2 rings (SSSR count). The Morgan fingerprint density at radius 3 is 2.47 bits per heavy atom. The average molecular weight is 482 g/mol. The summed E-state index contributed by atoms with van der Waals surface area (Å²) < 4.78 is 0. The second kappa shape index (κ2) is 13.3. The van der Waals surface area contributed by atoms with Crippen LogP contribution in [-0.4, -0.2) is 54.6 Å². The van der Waals surface area contributed by atoms with Gasteiger partial charge in [-0.2, -0.15) is 5.10 Å². The quantitative estimate of drug-likeness (QED) is 0.176. The van der Waals surface area contributed by atoms with Crippen LogP contribution in [0.3, 0.4) is 0 Å². The predicted molar refractivity (Wildman–Crippen MR) is 129 cm³/mol. The second-order valence-corrected chi connectivity index (χ2v) is 7.89. The second-order valence-electron chi connectivity index (χ2n) is 6.89. The molecule has 0 unspecified atom stereocenters. The number of aryl methyl sites for hydroxylation is 2. The fourth-order valence-electron chi connectivity index (χ4n) is 2.63. The molecule has 3 amide bonds. The molecule has 0 radical (unpaired) electrons. The third-order valence-corrected chi connectivity index (χ3v) is 5.23. The zero-order chi connectivity index (χ0) is 22.8. The van der Waals surface area contributed by atoms with Crippen molar-refractivity contribution in [1.29, 1.82) is 0 Å². The molecular weight excluding hydrogens is 454 g/mol. The molecule has 0 fully saturated rings. The highest BCUT2D eigenvalue weighted by molar-refractivity contribution is 7.17. The number of carbonyl (C=O) groups excluding carboxylic acids is 3. The Bertz CT molecular complexity index is 945. The molecule has 1 aromatic carbocycles. The van der Waals surface area contributed by atoms with Crippen molar-refractivity contribution in [1.82, 2.24) is 15.2 Å². The van der Waals surface area contributed by atoms with Crippen molar-refractivity contribution in [2.45, 2.75) is 26.2 Å². The molecule has 0 aliphatic carbocycles. The highest BCUT2D eigenvalue weighted by Gasteiger charge is 2.19. The molecule has 0 spiro atoms. The third kappa shape index (κ3) is 8.52. The van der Waals surface area contributed by atoms with Crippen molar-refractivity contribution in [3.63, 3.8) is 0 Å². The SMILES string of the molecule is CC(=O)Nc1nc(CCc2ccc(NC=NN)cc2)c(C(=O)NCCC(=O)N(C)C)s1.Cl. The summed E-state index contributed by atoms with van der Waals surface area (Å²) in [5, 5.41) is 12.1. The van der Waals surface area contributed by atoms with E-state index in [0.717, 1.165) is 22.6 Å². The topological polar surface area (TPSA) is 142 Å². The van der Waals surface area contributed by atoms with Crippen LogP contribution in [-0.2, 0) is 22.4 Å². The summed E-state index contributed by atoms with van der Waals surface area (Å²) in [4.78, 5) is 42.1. The van der Waals surface area contributed by atoms with Crippen LogP contribution in [0.15, 0.2) is 29.4 Å². The van der Waals surface area contributed by atoms with Gasteiger partial charge in [-0.3, -0.25) is 14.4 Å². The number of halogens is 1. The lowest BCUT2D eigenvalue weighted by atomic mass is 10.1. The first-order valence-corrected chi connectivity index (χ1v) is 10.4. The number of nitrogens with two attached hydrogens (primary N) is 1. The van der Waals surface area contributed by atoms with Gasteiger partial charge >= 0.3 is 0 Å². The van der Waals surface area contributed by atoms with Gasteiger partial charge in [-0.25, -0.2) is 4.98 Å². The van der Waals surface area contributed by atoms with E-state index >= 15 is 0 Å². The Hall–Kier alpha value is -3.18. The molecule has 1 aromatic heterocycles. The Morgan fingerprint density at radius 2 is 1.88 bits per heavy atom. The Kier molecular flexibility index (Phi) is 11.1. The van der Waals surface area contributed by atoms with E-state index in [0.29, 0.717) is 28.5 Å². The standard InChI is InChI=1S/C20H27N7O3S.ClH/c1-13(28)25-20-26-16(9-6-14-4-7-15(8-5-14)23-12-24-21)18(31-20)19(30)22-11-10-17(29)27(2)3;/h4-5,7-8,12H,6,9-11,21H2,1-3H3,(H,22,30)(H,23,24)(H,25,26,28);1H. The van der Waals surface area contributed by atoms with Crippen LogP contribution < -0.4 is 21.8 Å². The number of amides is 3. The van der Waals surface area contributed by atoms with Crippen molar-refractivity contribution in [2.24, 2.45) is 10.9 Å². The van der Waals surface area contributed by atoms with E-state index in [1.807, 2.05) is 24.3 Å². The highest BCUT2D eigenvalue weighted by Crippen LogP contribution is 2.25. The van der Waals surface area contributed by atoms with Gasteiger partial charge in [0.25, 0.3) is 5.91 Å². The molecular formula is C20H28ClN7O3S. The first-order chi connectivity index (χ1) is 14.8. The van der Waals surface area contributed by atoms with Crippen molar-refractivity contribution < 1.29 is 14.4 Å². The largest absolute Gasteiger partial charge is 0.351 e. The molecule has 32 heavy (non-hydrogen) atoms. The summed E-state index contributed by atoms with van der Waals surface area (Å²) in [7, 11) is 3.33. The molecule has 2 aromatic rings. The molecule has 1 heterocycles. The fourth-order valence-corrected chi connectivity index (χ4v) is 3.61. The van der Waals surface area contributed by atoms with E-state index in [1.165, 1.54) is 18.2 Å². The van der Waals surface area contributed by atoms with Gasteiger partial charge in [0.2, 0.25) is 11.8 Å². The zero-order valence-electron chi connectivity index (χ0n) is 18.2. The summed E-state index contributed by atoms with van der Waals surface area (Å²) in [5.74, 6) is 4.44. The van der Waals surface area contributed by atoms with Gasteiger partial charge in [-0.1, -0.05) is 23.5 Å². The molecule has 0 aliphatic rings. The summed E-state index contributed by atoms with van der Waals surface area (Å²) in [5.41, 5.74) is 2.52. The number of anilines is 2. The summed E-state index contributed by atoms with van der Waals surface area (Å²) in [6.07, 6.45) is 2.78. The van der Waals surface area contributed by atoms with Crippen molar-refractivity contribution >= 4 is 58.6 Å². The van der Waals surface area contributed by atoms with Gasteiger partial charge < -0.3 is 26.7 Å². The van der Waals surface area contributed by atoms with E-state index in [4.69, 9.17) is 5.84 Å². The van der Waals surface area contributed by atoms with Gasteiger partial charge in [0.05, 0.1) is 5.69 Å². The molecule has 0 aliphatic heterocycles. The van der Waals surface area contributed by atoms with E-state index < -0.39 is 0 Å². The molecule has 12 heteroatoms. The Labute approximate surface area is 197 Å². The molecule has 0 saturated carbocycles.